The van der Waals surface area contributed by atoms with E-state index in [9.17, 15) is 4.79 Å². The molecule has 1 heterocycles. The van der Waals surface area contributed by atoms with Gasteiger partial charge in [-0.1, -0.05) is 35.9 Å². The first-order valence-electron chi connectivity index (χ1n) is 8.74. The van der Waals surface area contributed by atoms with Crippen LogP contribution in [0.3, 0.4) is 0 Å². The van der Waals surface area contributed by atoms with Gasteiger partial charge in [-0.3, -0.25) is 10.1 Å². The number of anilines is 1. The molecule has 27 heavy (non-hydrogen) atoms. The summed E-state index contributed by atoms with van der Waals surface area (Å²) in [5, 5.41) is 5.28. The van der Waals surface area contributed by atoms with E-state index in [2.05, 4.69) is 42.3 Å². The Labute approximate surface area is 163 Å². The Morgan fingerprint density at radius 2 is 1.85 bits per heavy atom. The number of benzene rings is 2. The van der Waals surface area contributed by atoms with Gasteiger partial charge in [0, 0.05) is 10.9 Å². The van der Waals surface area contributed by atoms with Gasteiger partial charge in [-0.05, 0) is 38.5 Å². The summed E-state index contributed by atoms with van der Waals surface area (Å²) in [5.41, 5.74) is 4.30. The smallest absolute Gasteiger partial charge is 0.264 e. The SMILES string of the molecule is CCOc1ccccc1OCC(=O)Nc1nc(-c2ccc(C)cc2C)cs1. The van der Waals surface area contributed by atoms with Crippen molar-refractivity contribution in [2.45, 2.75) is 20.8 Å². The Hall–Kier alpha value is -2.86. The molecule has 3 aromatic rings. The van der Waals surface area contributed by atoms with Crippen LogP contribution in [0.5, 0.6) is 11.5 Å². The van der Waals surface area contributed by atoms with Gasteiger partial charge in [0.1, 0.15) is 0 Å². The molecule has 0 atom stereocenters. The van der Waals surface area contributed by atoms with Crippen LogP contribution in [0.25, 0.3) is 11.3 Å². The van der Waals surface area contributed by atoms with Gasteiger partial charge in [0.05, 0.1) is 12.3 Å². The molecule has 1 amide bonds. The van der Waals surface area contributed by atoms with Crippen molar-refractivity contribution in [3.8, 4) is 22.8 Å². The van der Waals surface area contributed by atoms with Crippen LogP contribution >= 0.6 is 11.3 Å². The molecular formula is C21H22N2O3S. The number of carbonyl (C=O) groups excluding carboxylic acids is 1. The minimum atomic E-state index is -0.261. The monoisotopic (exact) mass is 382 g/mol. The van der Waals surface area contributed by atoms with Crippen LogP contribution in [-0.2, 0) is 4.79 Å². The van der Waals surface area contributed by atoms with E-state index in [1.807, 2.05) is 30.5 Å². The van der Waals surface area contributed by atoms with Gasteiger partial charge in [0.25, 0.3) is 5.91 Å². The molecule has 0 saturated carbocycles. The fourth-order valence-corrected chi connectivity index (χ4v) is 3.43. The topological polar surface area (TPSA) is 60.5 Å². The highest BCUT2D eigenvalue weighted by Crippen LogP contribution is 2.28. The molecule has 1 N–H and O–H groups in total. The van der Waals surface area contributed by atoms with Crippen molar-refractivity contribution in [3.05, 3.63) is 59.0 Å². The van der Waals surface area contributed by atoms with Gasteiger partial charge in [-0.2, -0.15) is 0 Å². The van der Waals surface area contributed by atoms with E-state index in [1.54, 1.807) is 6.07 Å². The highest BCUT2D eigenvalue weighted by atomic mass is 32.1. The van der Waals surface area contributed by atoms with Gasteiger partial charge in [-0.25, -0.2) is 4.98 Å². The number of thiazole rings is 1. The molecule has 0 unspecified atom stereocenters. The van der Waals surface area contributed by atoms with E-state index in [1.165, 1.54) is 16.9 Å². The molecule has 0 aliphatic heterocycles. The lowest BCUT2D eigenvalue weighted by molar-refractivity contribution is -0.118. The Morgan fingerprint density at radius 1 is 1.11 bits per heavy atom. The molecule has 0 spiro atoms. The maximum Gasteiger partial charge on any atom is 0.264 e. The van der Waals surface area contributed by atoms with E-state index in [4.69, 9.17) is 9.47 Å². The molecular weight excluding hydrogens is 360 g/mol. The zero-order valence-corrected chi connectivity index (χ0v) is 16.4. The van der Waals surface area contributed by atoms with Gasteiger partial charge < -0.3 is 9.47 Å². The number of rotatable bonds is 7. The summed E-state index contributed by atoms with van der Waals surface area (Å²) in [6, 6.07) is 13.5. The molecule has 3 rings (SSSR count). The third-order valence-corrected chi connectivity index (χ3v) is 4.67. The minimum absolute atomic E-state index is 0.109. The van der Waals surface area contributed by atoms with Gasteiger partial charge in [0.2, 0.25) is 0 Å². The van der Waals surface area contributed by atoms with Crippen LogP contribution in [0.4, 0.5) is 5.13 Å². The normalized spacial score (nSPS) is 10.5. The minimum Gasteiger partial charge on any atom is -0.490 e. The third-order valence-electron chi connectivity index (χ3n) is 3.92. The summed E-state index contributed by atoms with van der Waals surface area (Å²) in [5.74, 6) is 0.909. The zero-order chi connectivity index (χ0) is 19.2. The first-order valence-corrected chi connectivity index (χ1v) is 9.62. The van der Waals surface area contributed by atoms with Crippen molar-refractivity contribution in [2.24, 2.45) is 0 Å². The lowest BCUT2D eigenvalue weighted by Gasteiger charge is -2.11. The molecule has 0 fully saturated rings. The van der Waals surface area contributed by atoms with Crippen LogP contribution < -0.4 is 14.8 Å². The summed E-state index contributed by atoms with van der Waals surface area (Å²) in [4.78, 5) is 16.7. The maximum atomic E-state index is 12.2. The molecule has 0 bridgehead atoms. The average Bonchev–Trinajstić information content (AvgIpc) is 3.09. The van der Waals surface area contributed by atoms with Crippen molar-refractivity contribution in [2.75, 3.05) is 18.5 Å². The van der Waals surface area contributed by atoms with Crippen LogP contribution in [0, 0.1) is 13.8 Å². The van der Waals surface area contributed by atoms with Gasteiger partial charge in [0.15, 0.2) is 23.2 Å². The van der Waals surface area contributed by atoms with E-state index < -0.39 is 0 Å². The number of hydrogen-bond acceptors (Lipinski definition) is 5. The lowest BCUT2D eigenvalue weighted by atomic mass is 10.0. The van der Waals surface area contributed by atoms with Crippen molar-refractivity contribution in [1.29, 1.82) is 0 Å². The molecule has 0 radical (unpaired) electrons. The number of aryl methyl sites for hydroxylation is 2. The van der Waals surface area contributed by atoms with Gasteiger partial charge >= 0.3 is 0 Å². The van der Waals surface area contributed by atoms with Crippen molar-refractivity contribution >= 4 is 22.4 Å². The second-order valence-corrected chi connectivity index (χ2v) is 6.93. The van der Waals surface area contributed by atoms with Crippen molar-refractivity contribution < 1.29 is 14.3 Å². The Balaban J connectivity index is 1.61. The predicted octanol–water partition coefficient (Wildman–Crippen LogP) is 4.84. The molecule has 5 nitrogen and oxygen atoms in total. The van der Waals surface area contributed by atoms with E-state index in [0.717, 1.165) is 16.8 Å². The second kappa shape index (κ2) is 8.68. The number of amides is 1. The zero-order valence-electron chi connectivity index (χ0n) is 15.6. The molecule has 2 aromatic carbocycles. The van der Waals surface area contributed by atoms with Crippen LogP contribution in [0.15, 0.2) is 47.8 Å². The lowest BCUT2D eigenvalue weighted by Crippen LogP contribution is -2.20. The summed E-state index contributed by atoms with van der Waals surface area (Å²) >= 11 is 1.40. The highest BCUT2D eigenvalue weighted by Gasteiger charge is 2.11. The molecule has 0 saturated heterocycles. The average molecular weight is 382 g/mol. The summed E-state index contributed by atoms with van der Waals surface area (Å²) in [7, 11) is 0. The molecule has 0 aliphatic carbocycles. The van der Waals surface area contributed by atoms with Crippen LogP contribution in [-0.4, -0.2) is 24.1 Å². The van der Waals surface area contributed by atoms with Crippen LogP contribution in [0.2, 0.25) is 0 Å². The number of nitrogens with zero attached hydrogens (tertiary/aromatic N) is 1. The Morgan fingerprint density at radius 3 is 2.56 bits per heavy atom. The third kappa shape index (κ3) is 4.86. The fraction of sp³-hybridized carbons (Fsp3) is 0.238. The van der Waals surface area contributed by atoms with E-state index >= 15 is 0 Å². The fourth-order valence-electron chi connectivity index (χ4n) is 2.70. The quantitative estimate of drug-likeness (QED) is 0.635. The number of hydrogen-bond donors (Lipinski definition) is 1. The largest absolute Gasteiger partial charge is 0.490 e. The number of carbonyl (C=O) groups is 1. The van der Waals surface area contributed by atoms with E-state index in [-0.39, 0.29) is 12.5 Å². The van der Waals surface area contributed by atoms with Crippen molar-refractivity contribution in [3.63, 3.8) is 0 Å². The predicted molar refractivity (Wildman–Crippen MR) is 109 cm³/mol. The Kier molecular flexibility index (Phi) is 6.08. The number of aromatic nitrogens is 1. The standard InChI is InChI=1S/C21H22N2O3S/c1-4-25-18-7-5-6-8-19(18)26-12-20(24)23-21-22-17(13-27-21)16-10-9-14(2)11-15(16)3/h5-11,13H,4,12H2,1-3H3,(H,22,23,24). The number of para-hydroxylation sites is 2. The molecule has 140 valence electrons. The molecule has 6 heteroatoms. The number of ether oxygens (including phenoxy) is 2. The van der Waals surface area contributed by atoms with E-state index in [0.29, 0.717) is 23.2 Å². The second-order valence-electron chi connectivity index (χ2n) is 6.07. The van der Waals surface area contributed by atoms with Crippen LogP contribution in [0.1, 0.15) is 18.1 Å². The number of nitrogens with one attached hydrogen (secondary N) is 1. The summed E-state index contributed by atoms with van der Waals surface area (Å²) in [6.07, 6.45) is 0. The maximum absolute atomic E-state index is 12.2. The first kappa shape index (κ1) is 18.9. The Bertz CT molecular complexity index is 937. The summed E-state index contributed by atoms with van der Waals surface area (Å²) < 4.78 is 11.1. The first-order chi connectivity index (χ1) is 13.1. The summed E-state index contributed by atoms with van der Waals surface area (Å²) in [6.45, 7) is 6.45. The van der Waals surface area contributed by atoms with Crippen molar-refractivity contribution in [1.82, 2.24) is 4.98 Å². The van der Waals surface area contributed by atoms with Gasteiger partial charge in [-0.15, -0.1) is 11.3 Å². The molecule has 1 aromatic heterocycles. The highest BCUT2D eigenvalue weighted by molar-refractivity contribution is 7.14. The molecule has 0 aliphatic rings.